The van der Waals surface area contributed by atoms with Crippen molar-refractivity contribution in [3.8, 4) is 0 Å². The van der Waals surface area contributed by atoms with Gasteiger partial charge in [0.2, 0.25) is 5.91 Å². The Morgan fingerprint density at radius 1 is 1.19 bits per heavy atom. The molecule has 1 amide bonds. The van der Waals surface area contributed by atoms with Crippen LogP contribution in [0.3, 0.4) is 0 Å². The highest BCUT2D eigenvalue weighted by molar-refractivity contribution is 5.76. The van der Waals surface area contributed by atoms with E-state index >= 15 is 0 Å². The van der Waals surface area contributed by atoms with Crippen molar-refractivity contribution in [2.24, 2.45) is 5.92 Å². The molecular weight excluding hydrogens is 344 g/mol. The molecule has 0 radical (unpaired) electrons. The summed E-state index contributed by atoms with van der Waals surface area (Å²) in [4.78, 5) is 14.3. The zero-order valence-electron chi connectivity index (χ0n) is 15.5. The van der Waals surface area contributed by atoms with Crippen LogP contribution in [0, 0.1) is 5.92 Å². The van der Waals surface area contributed by atoms with E-state index in [1.54, 1.807) is 0 Å². The van der Waals surface area contributed by atoms with Crippen LogP contribution < -0.4 is 10.2 Å². The third-order valence-corrected chi connectivity index (χ3v) is 6.05. The van der Waals surface area contributed by atoms with Crippen molar-refractivity contribution in [2.75, 3.05) is 31.1 Å². The fourth-order valence-electron chi connectivity index (χ4n) is 4.11. The first-order valence-corrected chi connectivity index (χ1v) is 10.1. The number of amides is 1. The molecule has 5 rings (SSSR count). The van der Waals surface area contributed by atoms with Gasteiger partial charge in [-0.25, -0.2) is 0 Å². The van der Waals surface area contributed by atoms with Gasteiger partial charge in [0, 0.05) is 38.1 Å². The zero-order chi connectivity index (χ0) is 18.2. The van der Waals surface area contributed by atoms with Crippen LogP contribution in [-0.4, -0.2) is 58.1 Å². The van der Waals surface area contributed by atoms with Crippen molar-refractivity contribution in [1.29, 1.82) is 0 Å². The lowest BCUT2D eigenvalue weighted by molar-refractivity contribution is -0.123. The Bertz CT molecular complexity index is 821. The number of carbonyl (C=O) groups excluding carboxylic acids is 1. The number of hydrogen-bond acceptors (Lipinski definition) is 6. The maximum absolute atomic E-state index is 12.0. The average Bonchev–Trinajstić information content (AvgIpc) is 3.22. The molecule has 3 fully saturated rings. The lowest BCUT2D eigenvalue weighted by Crippen LogP contribution is -2.52. The maximum atomic E-state index is 12.0. The van der Waals surface area contributed by atoms with Gasteiger partial charge in [0.1, 0.15) is 5.82 Å². The van der Waals surface area contributed by atoms with Crippen molar-refractivity contribution in [3.63, 3.8) is 0 Å². The first-order valence-electron chi connectivity index (χ1n) is 10.1. The van der Waals surface area contributed by atoms with E-state index in [0.717, 1.165) is 56.4 Å². The molecule has 3 aliphatic rings. The van der Waals surface area contributed by atoms with E-state index in [0.29, 0.717) is 18.3 Å². The second kappa shape index (κ2) is 7.07. The van der Waals surface area contributed by atoms with E-state index in [9.17, 15) is 4.79 Å². The Hall–Kier alpha value is -2.22. The molecule has 1 atom stereocenters. The van der Waals surface area contributed by atoms with Gasteiger partial charge in [-0.1, -0.05) is 6.42 Å². The molecule has 1 aliphatic carbocycles. The van der Waals surface area contributed by atoms with Crippen molar-refractivity contribution in [3.05, 3.63) is 18.0 Å². The largest absolute Gasteiger partial charge is 0.378 e. The summed E-state index contributed by atoms with van der Waals surface area (Å²) in [6.07, 6.45) is 6.32. The predicted octanol–water partition coefficient (Wildman–Crippen LogP) is 1.51. The van der Waals surface area contributed by atoms with Crippen LogP contribution in [-0.2, 0) is 9.53 Å². The van der Waals surface area contributed by atoms with Crippen LogP contribution in [0.1, 0.15) is 50.3 Å². The minimum absolute atomic E-state index is 0.106. The van der Waals surface area contributed by atoms with E-state index in [1.165, 1.54) is 19.3 Å². The van der Waals surface area contributed by atoms with Crippen LogP contribution in [0.2, 0.25) is 0 Å². The van der Waals surface area contributed by atoms with E-state index < -0.39 is 0 Å². The van der Waals surface area contributed by atoms with Gasteiger partial charge in [0.25, 0.3) is 0 Å². The van der Waals surface area contributed by atoms with Crippen molar-refractivity contribution in [1.82, 2.24) is 25.1 Å². The molecule has 2 aromatic heterocycles. The molecule has 2 saturated heterocycles. The van der Waals surface area contributed by atoms with Gasteiger partial charge in [-0.3, -0.25) is 4.79 Å². The van der Waals surface area contributed by atoms with E-state index in [-0.39, 0.29) is 12.0 Å². The monoisotopic (exact) mass is 370 g/mol. The van der Waals surface area contributed by atoms with Crippen LogP contribution in [0.4, 0.5) is 5.82 Å². The zero-order valence-corrected chi connectivity index (χ0v) is 15.5. The van der Waals surface area contributed by atoms with Gasteiger partial charge in [-0.15, -0.1) is 15.3 Å². The predicted molar refractivity (Wildman–Crippen MR) is 99.7 cm³/mol. The number of carbonyl (C=O) groups is 1. The van der Waals surface area contributed by atoms with Gasteiger partial charge in [0.05, 0.1) is 12.5 Å². The first kappa shape index (κ1) is 16.9. The summed E-state index contributed by atoms with van der Waals surface area (Å²) in [5.41, 5.74) is 0.819. The Morgan fingerprint density at radius 2 is 2.07 bits per heavy atom. The number of ether oxygens (including phenoxy) is 1. The molecule has 0 aromatic carbocycles. The highest BCUT2D eigenvalue weighted by Gasteiger charge is 2.30. The summed E-state index contributed by atoms with van der Waals surface area (Å²) in [5.74, 6) is 3.05. The van der Waals surface area contributed by atoms with E-state index in [2.05, 4.69) is 20.4 Å². The number of hydrogen-bond donors (Lipinski definition) is 1. The Kier molecular flexibility index (Phi) is 4.43. The van der Waals surface area contributed by atoms with Gasteiger partial charge in [-0.2, -0.15) is 4.52 Å². The van der Waals surface area contributed by atoms with E-state index in [1.807, 2.05) is 16.6 Å². The molecule has 2 aromatic rings. The number of anilines is 1. The van der Waals surface area contributed by atoms with Gasteiger partial charge < -0.3 is 15.0 Å². The SMILES string of the molecule is O=C(CC1CCCO1)NCC1CN(c2ccc3nnc(C4CCC4)n3n2)C1. The summed E-state index contributed by atoms with van der Waals surface area (Å²) >= 11 is 0. The highest BCUT2D eigenvalue weighted by atomic mass is 16.5. The minimum Gasteiger partial charge on any atom is -0.378 e. The third kappa shape index (κ3) is 3.38. The summed E-state index contributed by atoms with van der Waals surface area (Å²) in [5, 5.41) is 16.4. The number of fused-ring (bicyclic) bond motifs is 1. The summed E-state index contributed by atoms with van der Waals surface area (Å²) in [6.45, 7) is 3.35. The normalized spacial score (nSPS) is 23.4. The standard InChI is InChI=1S/C19H26N6O2/c26-18(9-15-5-2-8-27-15)20-10-13-11-24(12-13)17-7-6-16-21-22-19(25(16)23-17)14-3-1-4-14/h6-7,13-15H,1-5,8-12H2,(H,20,26). The Balaban J connectivity index is 1.14. The number of rotatable bonds is 6. The van der Waals surface area contributed by atoms with Crippen molar-refractivity contribution < 1.29 is 9.53 Å². The molecule has 8 heteroatoms. The lowest BCUT2D eigenvalue weighted by Gasteiger charge is -2.40. The number of aromatic nitrogens is 4. The lowest BCUT2D eigenvalue weighted by atomic mass is 9.85. The maximum Gasteiger partial charge on any atom is 0.222 e. The molecule has 0 bridgehead atoms. The minimum atomic E-state index is 0.106. The molecule has 27 heavy (non-hydrogen) atoms. The summed E-state index contributed by atoms with van der Waals surface area (Å²) in [6, 6.07) is 4.01. The fourth-order valence-corrected chi connectivity index (χ4v) is 4.11. The van der Waals surface area contributed by atoms with Crippen LogP contribution in [0.5, 0.6) is 0 Å². The topological polar surface area (TPSA) is 84.6 Å². The molecule has 4 heterocycles. The molecule has 2 aliphatic heterocycles. The number of nitrogens with one attached hydrogen (secondary N) is 1. The molecule has 144 valence electrons. The molecular formula is C19H26N6O2. The second-order valence-corrected chi connectivity index (χ2v) is 8.06. The highest BCUT2D eigenvalue weighted by Crippen LogP contribution is 2.35. The Labute approximate surface area is 158 Å². The van der Waals surface area contributed by atoms with E-state index in [4.69, 9.17) is 9.84 Å². The summed E-state index contributed by atoms with van der Waals surface area (Å²) in [7, 11) is 0. The van der Waals surface area contributed by atoms with Crippen LogP contribution in [0.25, 0.3) is 5.65 Å². The van der Waals surface area contributed by atoms with Gasteiger partial charge in [0.15, 0.2) is 11.5 Å². The van der Waals surface area contributed by atoms with Crippen molar-refractivity contribution in [2.45, 2.75) is 50.5 Å². The third-order valence-electron chi connectivity index (χ3n) is 6.05. The van der Waals surface area contributed by atoms with Crippen molar-refractivity contribution >= 4 is 17.4 Å². The molecule has 0 spiro atoms. The fraction of sp³-hybridized carbons (Fsp3) is 0.684. The van der Waals surface area contributed by atoms with Crippen LogP contribution >= 0.6 is 0 Å². The first-order chi connectivity index (χ1) is 13.3. The second-order valence-electron chi connectivity index (χ2n) is 8.06. The van der Waals surface area contributed by atoms with Gasteiger partial charge in [-0.05, 0) is 37.8 Å². The number of nitrogens with zero attached hydrogens (tertiary/aromatic N) is 5. The molecule has 1 saturated carbocycles. The van der Waals surface area contributed by atoms with Gasteiger partial charge >= 0.3 is 0 Å². The summed E-state index contributed by atoms with van der Waals surface area (Å²) < 4.78 is 7.44. The molecule has 1 unspecified atom stereocenters. The Morgan fingerprint density at radius 3 is 2.81 bits per heavy atom. The van der Waals surface area contributed by atoms with Crippen LogP contribution in [0.15, 0.2) is 12.1 Å². The molecule has 1 N–H and O–H groups in total. The average molecular weight is 370 g/mol. The quantitative estimate of drug-likeness (QED) is 0.830. The molecule has 8 nitrogen and oxygen atoms in total. The smallest absolute Gasteiger partial charge is 0.222 e.